The molecule has 0 aliphatic rings. The standard InChI is InChI=1S/C11H14N2O/c1-7-5-9(6-12)3-4-10(7)11(13)8(2)14/h3-5,8,11,14H,13H2,1-2H3/t8-,11-/m0/s1. The highest BCUT2D eigenvalue weighted by molar-refractivity contribution is 5.39. The Labute approximate surface area is 83.8 Å². The Hall–Kier alpha value is -1.37. The molecule has 0 heterocycles. The van der Waals surface area contributed by atoms with Gasteiger partial charge >= 0.3 is 0 Å². The van der Waals surface area contributed by atoms with Gasteiger partial charge in [0.2, 0.25) is 0 Å². The number of hydrogen-bond donors (Lipinski definition) is 2. The summed E-state index contributed by atoms with van der Waals surface area (Å²) in [4.78, 5) is 0. The molecule has 0 amide bonds. The lowest BCUT2D eigenvalue weighted by atomic mass is 9.97. The molecule has 3 heteroatoms. The summed E-state index contributed by atoms with van der Waals surface area (Å²) in [6.45, 7) is 3.54. The summed E-state index contributed by atoms with van der Waals surface area (Å²) in [5.74, 6) is 0. The smallest absolute Gasteiger partial charge is 0.0991 e. The van der Waals surface area contributed by atoms with Crippen LogP contribution >= 0.6 is 0 Å². The van der Waals surface area contributed by atoms with Crippen molar-refractivity contribution in [3.63, 3.8) is 0 Å². The van der Waals surface area contributed by atoms with Gasteiger partial charge in [0.05, 0.1) is 23.8 Å². The average Bonchev–Trinajstić information content (AvgIpc) is 2.16. The summed E-state index contributed by atoms with van der Waals surface area (Å²) in [5.41, 5.74) is 8.24. The third-order valence-corrected chi connectivity index (χ3v) is 2.28. The zero-order valence-corrected chi connectivity index (χ0v) is 8.36. The predicted octanol–water partition coefficient (Wildman–Crippen LogP) is 1.25. The van der Waals surface area contributed by atoms with Crippen molar-refractivity contribution < 1.29 is 5.11 Å². The molecule has 0 aromatic heterocycles. The minimum atomic E-state index is -0.582. The molecule has 0 aliphatic heterocycles. The molecule has 2 atom stereocenters. The maximum absolute atomic E-state index is 9.34. The number of nitriles is 1. The Morgan fingerprint density at radius 3 is 2.57 bits per heavy atom. The van der Waals surface area contributed by atoms with Crippen LogP contribution in [0.5, 0.6) is 0 Å². The van der Waals surface area contributed by atoms with Gasteiger partial charge in [0, 0.05) is 0 Å². The first kappa shape index (κ1) is 10.7. The van der Waals surface area contributed by atoms with E-state index in [1.807, 2.05) is 6.92 Å². The van der Waals surface area contributed by atoms with E-state index in [1.165, 1.54) is 0 Å². The number of aryl methyl sites for hydroxylation is 1. The molecular weight excluding hydrogens is 176 g/mol. The van der Waals surface area contributed by atoms with Crippen LogP contribution in [0.15, 0.2) is 18.2 Å². The molecule has 0 aliphatic carbocycles. The molecule has 0 bridgehead atoms. The number of nitrogens with two attached hydrogens (primary N) is 1. The molecule has 3 N–H and O–H groups in total. The van der Waals surface area contributed by atoms with Gasteiger partial charge in [-0.25, -0.2) is 0 Å². The fourth-order valence-corrected chi connectivity index (χ4v) is 1.38. The predicted molar refractivity (Wildman–Crippen MR) is 54.5 cm³/mol. The Balaban J connectivity index is 3.07. The highest BCUT2D eigenvalue weighted by atomic mass is 16.3. The average molecular weight is 190 g/mol. The molecule has 14 heavy (non-hydrogen) atoms. The number of benzene rings is 1. The van der Waals surface area contributed by atoms with Crippen molar-refractivity contribution >= 4 is 0 Å². The van der Waals surface area contributed by atoms with Crippen LogP contribution in [0.25, 0.3) is 0 Å². The Kier molecular flexibility index (Phi) is 3.23. The summed E-state index contributed by atoms with van der Waals surface area (Å²) in [7, 11) is 0. The topological polar surface area (TPSA) is 70.0 Å². The van der Waals surface area contributed by atoms with Gasteiger partial charge in [0.25, 0.3) is 0 Å². The Morgan fingerprint density at radius 2 is 2.14 bits per heavy atom. The van der Waals surface area contributed by atoms with Crippen LogP contribution in [0, 0.1) is 18.3 Å². The lowest BCUT2D eigenvalue weighted by Crippen LogP contribution is -2.23. The van der Waals surface area contributed by atoms with Gasteiger partial charge in [0.1, 0.15) is 0 Å². The van der Waals surface area contributed by atoms with E-state index in [4.69, 9.17) is 11.0 Å². The van der Waals surface area contributed by atoms with Gasteiger partial charge in [-0.1, -0.05) is 6.07 Å². The van der Waals surface area contributed by atoms with E-state index in [0.717, 1.165) is 11.1 Å². The van der Waals surface area contributed by atoms with E-state index in [2.05, 4.69) is 6.07 Å². The minimum absolute atomic E-state index is 0.386. The van der Waals surface area contributed by atoms with Gasteiger partial charge in [-0.2, -0.15) is 5.26 Å². The quantitative estimate of drug-likeness (QED) is 0.737. The lowest BCUT2D eigenvalue weighted by molar-refractivity contribution is 0.164. The zero-order valence-electron chi connectivity index (χ0n) is 8.36. The first-order valence-electron chi connectivity index (χ1n) is 4.50. The maximum atomic E-state index is 9.34. The number of hydrogen-bond acceptors (Lipinski definition) is 3. The summed E-state index contributed by atoms with van der Waals surface area (Å²) in [6.07, 6.45) is -0.582. The van der Waals surface area contributed by atoms with Crippen molar-refractivity contribution in [3.8, 4) is 6.07 Å². The molecular formula is C11H14N2O. The number of aliphatic hydroxyl groups excluding tert-OH is 1. The van der Waals surface area contributed by atoms with Crippen LogP contribution in [0.2, 0.25) is 0 Å². The Bertz CT molecular complexity index is 366. The van der Waals surface area contributed by atoms with Crippen LogP contribution in [0.1, 0.15) is 29.7 Å². The molecule has 0 unspecified atom stereocenters. The summed E-state index contributed by atoms with van der Waals surface area (Å²) in [6, 6.07) is 6.96. The second kappa shape index (κ2) is 4.23. The third-order valence-electron chi connectivity index (χ3n) is 2.28. The van der Waals surface area contributed by atoms with Crippen LogP contribution in [-0.4, -0.2) is 11.2 Å². The van der Waals surface area contributed by atoms with Crippen molar-refractivity contribution in [2.24, 2.45) is 5.73 Å². The normalized spacial score (nSPS) is 14.5. The molecule has 0 saturated heterocycles. The van der Waals surface area contributed by atoms with E-state index in [1.54, 1.807) is 25.1 Å². The molecule has 1 rings (SSSR count). The van der Waals surface area contributed by atoms with Gasteiger partial charge in [-0.15, -0.1) is 0 Å². The molecule has 0 saturated carbocycles. The Morgan fingerprint density at radius 1 is 1.50 bits per heavy atom. The van der Waals surface area contributed by atoms with Crippen molar-refractivity contribution in [2.75, 3.05) is 0 Å². The van der Waals surface area contributed by atoms with Crippen LogP contribution in [0.3, 0.4) is 0 Å². The molecule has 0 spiro atoms. The van der Waals surface area contributed by atoms with Gasteiger partial charge in [0.15, 0.2) is 0 Å². The maximum Gasteiger partial charge on any atom is 0.0991 e. The molecule has 3 nitrogen and oxygen atoms in total. The van der Waals surface area contributed by atoms with E-state index < -0.39 is 6.10 Å². The highest BCUT2D eigenvalue weighted by Gasteiger charge is 2.14. The second-order valence-electron chi connectivity index (χ2n) is 3.45. The van der Waals surface area contributed by atoms with Crippen molar-refractivity contribution in [1.29, 1.82) is 5.26 Å². The van der Waals surface area contributed by atoms with E-state index in [9.17, 15) is 5.11 Å². The minimum Gasteiger partial charge on any atom is -0.391 e. The first-order chi connectivity index (χ1) is 6.56. The van der Waals surface area contributed by atoms with Gasteiger partial charge in [-0.3, -0.25) is 0 Å². The van der Waals surface area contributed by atoms with Crippen molar-refractivity contribution in [3.05, 3.63) is 34.9 Å². The fraction of sp³-hybridized carbons (Fsp3) is 0.364. The molecule has 74 valence electrons. The molecule has 0 radical (unpaired) electrons. The number of nitrogens with zero attached hydrogens (tertiary/aromatic N) is 1. The largest absolute Gasteiger partial charge is 0.391 e. The number of aliphatic hydroxyl groups is 1. The second-order valence-corrected chi connectivity index (χ2v) is 3.45. The highest BCUT2D eigenvalue weighted by Crippen LogP contribution is 2.19. The van der Waals surface area contributed by atoms with Gasteiger partial charge in [-0.05, 0) is 37.1 Å². The zero-order chi connectivity index (χ0) is 10.7. The monoisotopic (exact) mass is 190 g/mol. The van der Waals surface area contributed by atoms with Crippen LogP contribution in [0.4, 0.5) is 0 Å². The van der Waals surface area contributed by atoms with Crippen LogP contribution < -0.4 is 5.73 Å². The number of rotatable bonds is 2. The van der Waals surface area contributed by atoms with Crippen LogP contribution in [-0.2, 0) is 0 Å². The first-order valence-corrected chi connectivity index (χ1v) is 4.50. The van der Waals surface area contributed by atoms with Crippen molar-refractivity contribution in [2.45, 2.75) is 26.0 Å². The molecule has 1 aromatic carbocycles. The van der Waals surface area contributed by atoms with E-state index >= 15 is 0 Å². The SMILES string of the molecule is Cc1cc(C#N)ccc1[C@@H](N)[C@H](C)O. The lowest BCUT2D eigenvalue weighted by Gasteiger charge is -2.17. The summed E-state index contributed by atoms with van der Waals surface area (Å²) in [5, 5.41) is 18.0. The van der Waals surface area contributed by atoms with Crippen molar-refractivity contribution in [1.82, 2.24) is 0 Å². The molecule has 0 fully saturated rings. The summed E-state index contributed by atoms with van der Waals surface area (Å²) < 4.78 is 0. The fourth-order valence-electron chi connectivity index (χ4n) is 1.38. The van der Waals surface area contributed by atoms with E-state index in [-0.39, 0.29) is 6.04 Å². The molecule has 1 aromatic rings. The van der Waals surface area contributed by atoms with E-state index in [0.29, 0.717) is 5.56 Å². The summed E-state index contributed by atoms with van der Waals surface area (Å²) >= 11 is 0. The third kappa shape index (κ3) is 2.11. The van der Waals surface area contributed by atoms with Gasteiger partial charge < -0.3 is 10.8 Å².